The van der Waals surface area contributed by atoms with Crippen LogP contribution in [-0.4, -0.2) is 30.3 Å². The molecule has 0 saturated heterocycles. The first kappa shape index (κ1) is 16.2. The van der Waals surface area contributed by atoms with E-state index in [1.54, 1.807) is 32.3 Å². The fraction of sp³-hybridized carbons (Fsp3) is 0.500. The van der Waals surface area contributed by atoms with E-state index in [1.807, 2.05) is 12.1 Å². The van der Waals surface area contributed by atoms with E-state index in [-0.39, 0.29) is 0 Å². The van der Waals surface area contributed by atoms with Crippen molar-refractivity contribution in [1.82, 2.24) is 4.90 Å². The molecule has 2 aromatic heterocycles. The van der Waals surface area contributed by atoms with Crippen LogP contribution in [0.1, 0.15) is 30.9 Å². The molecule has 21 heavy (non-hydrogen) atoms. The molecule has 0 radical (unpaired) electrons. The third-order valence-corrected chi connectivity index (χ3v) is 3.97. The summed E-state index contributed by atoms with van der Waals surface area (Å²) in [4.78, 5) is 2.28. The topological polar surface area (TPSA) is 45.8 Å². The highest BCUT2D eigenvalue weighted by Crippen LogP contribution is 2.23. The van der Waals surface area contributed by atoms with Crippen molar-refractivity contribution in [2.45, 2.75) is 32.5 Å². The van der Waals surface area contributed by atoms with Crippen LogP contribution < -0.4 is 0 Å². The predicted octanol–water partition coefficient (Wildman–Crippen LogP) is 3.22. The van der Waals surface area contributed by atoms with Gasteiger partial charge < -0.3 is 14.3 Å². The average Bonchev–Trinajstić information content (AvgIpc) is 3.06. The van der Waals surface area contributed by atoms with E-state index < -0.39 is 5.60 Å². The van der Waals surface area contributed by atoms with Gasteiger partial charge in [0, 0.05) is 20.2 Å². The van der Waals surface area contributed by atoms with Gasteiger partial charge in [0.2, 0.25) is 0 Å². The maximum atomic E-state index is 9.96. The lowest BCUT2D eigenvalue weighted by molar-refractivity contribution is 0.0511. The number of furan rings is 1. The largest absolute Gasteiger partial charge is 0.462 e. The number of methoxy groups -OCH3 is 1. The van der Waals surface area contributed by atoms with Crippen LogP contribution in [0.15, 0.2) is 33.4 Å². The monoisotopic (exact) mass is 309 g/mol. The van der Waals surface area contributed by atoms with E-state index in [0.717, 1.165) is 18.8 Å². The molecular weight excluding hydrogens is 286 g/mol. The highest BCUT2D eigenvalue weighted by molar-refractivity contribution is 7.07. The van der Waals surface area contributed by atoms with E-state index in [4.69, 9.17) is 9.15 Å². The van der Waals surface area contributed by atoms with E-state index in [1.165, 1.54) is 5.56 Å². The Labute approximate surface area is 130 Å². The van der Waals surface area contributed by atoms with Gasteiger partial charge in [0.15, 0.2) is 0 Å². The molecule has 0 aliphatic carbocycles. The molecule has 2 rings (SSSR count). The normalized spacial score (nSPS) is 12.2. The summed E-state index contributed by atoms with van der Waals surface area (Å²) in [5, 5.41) is 14.2. The molecule has 1 N–H and O–H groups in total. The van der Waals surface area contributed by atoms with Crippen LogP contribution in [0, 0.1) is 0 Å². The minimum absolute atomic E-state index is 0.597. The molecule has 0 aliphatic heterocycles. The minimum Gasteiger partial charge on any atom is -0.462 e. The molecule has 0 fully saturated rings. The van der Waals surface area contributed by atoms with Gasteiger partial charge in [-0.3, -0.25) is 4.90 Å². The third kappa shape index (κ3) is 4.97. The highest BCUT2D eigenvalue weighted by atomic mass is 32.1. The van der Waals surface area contributed by atoms with Gasteiger partial charge in [0.25, 0.3) is 0 Å². The van der Waals surface area contributed by atoms with Gasteiger partial charge in [-0.25, -0.2) is 0 Å². The average molecular weight is 309 g/mol. The van der Waals surface area contributed by atoms with Crippen LogP contribution in [0.2, 0.25) is 0 Å². The van der Waals surface area contributed by atoms with Crippen molar-refractivity contribution in [3.8, 4) is 0 Å². The molecule has 0 unspecified atom stereocenters. The quantitative estimate of drug-likeness (QED) is 0.813. The molecule has 0 atom stereocenters. The number of rotatable bonds is 8. The van der Waals surface area contributed by atoms with Crippen LogP contribution in [0.5, 0.6) is 0 Å². The summed E-state index contributed by atoms with van der Waals surface area (Å²) in [5.74, 6) is 1.46. The predicted molar refractivity (Wildman–Crippen MR) is 84.3 cm³/mol. The number of ether oxygens (including phenoxy) is 1. The molecule has 0 aromatic carbocycles. The Morgan fingerprint density at radius 1 is 1.29 bits per heavy atom. The first-order chi connectivity index (χ1) is 9.99. The van der Waals surface area contributed by atoms with Crippen molar-refractivity contribution in [3.63, 3.8) is 0 Å². The van der Waals surface area contributed by atoms with E-state index >= 15 is 0 Å². The van der Waals surface area contributed by atoms with Crippen molar-refractivity contribution in [2.75, 3.05) is 20.3 Å². The summed E-state index contributed by atoms with van der Waals surface area (Å²) in [6, 6.07) is 5.91. The zero-order valence-electron chi connectivity index (χ0n) is 12.8. The second kappa shape index (κ2) is 7.22. The van der Waals surface area contributed by atoms with Gasteiger partial charge in [-0.1, -0.05) is 0 Å². The van der Waals surface area contributed by atoms with Crippen LogP contribution in [0.3, 0.4) is 0 Å². The second-order valence-corrected chi connectivity index (χ2v) is 6.44. The summed E-state index contributed by atoms with van der Waals surface area (Å²) < 4.78 is 10.9. The second-order valence-electron chi connectivity index (χ2n) is 5.66. The summed E-state index contributed by atoms with van der Waals surface area (Å²) in [6.45, 7) is 6.54. The van der Waals surface area contributed by atoms with Crippen molar-refractivity contribution >= 4 is 11.3 Å². The summed E-state index contributed by atoms with van der Waals surface area (Å²) in [6.07, 6.45) is 0. The molecule has 0 spiro atoms. The Morgan fingerprint density at radius 2 is 2.10 bits per heavy atom. The number of hydrogen-bond donors (Lipinski definition) is 1. The fourth-order valence-corrected chi connectivity index (χ4v) is 2.75. The highest BCUT2D eigenvalue weighted by Gasteiger charge is 2.21. The number of aliphatic hydroxyl groups is 1. The Balaban J connectivity index is 2.02. The lowest BCUT2D eigenvalue weighted by Gasteiger charge is -2.20. The molecular formula is C16H23NO3S. The number of nitrogens with zero attached hydrogens (tertiary/aromatic N) is 1. The fourth-order valence-electron chi connectivity index (χ4n) is 2.09. The molecule has 0 amide bonds. The Morgan fingerprint density at radius 3 is 2.67 bits per heavy atom. The lowest BCUT2D eigenvalue weighted by atomic mass is 10.1. The first-order valence-corrected chi connectivity index (χ1v) is 7.97. The molecule has 116 valence electrons. The van der Waals surface area contributed by atoms with Crippen molar-refractivity contribution < 1.29 is 14.3 Å². The van der Waals surface area contributed by atoms with Crippen molar-refractivity contribution in [2.24, 2.45) is 0 Å². The van der Waals surface area contributed by atoms with Gasteiger partial charge >= 0.3 is 0 Å². The maximum Gasteiger partial charge on any atom is 0.135 e. The lowest BCUT2D eigenvalue weighted by Crippen LogP contribution is -2.26. The number of thiophene rings is 1. The molecule has 0 bridgehead atoms. The maximum absolute atomic E-state index is 9.96. The van der Waals surface area contributed by atoms with Gasteiger partial charge in [-0.2, -0.15) is 11.3 Å². The van der Waals surface area contributed by atoms with Crippen LogP contribution in [-0.2, 0) is 23.4 Å². The molecule has 5 heteroatoms. The summed E-state index contributed by atoms with van der Waals surface area (Å²) >= 11 is 1.70. The van der Waals surface area contributed by atoms with Gasteiger partial charge in [0.1, 0.15) is 17.1 Å². The zero-order valence-corrected chi connectivity index (χ0v) is 13.7. The van der Waals surface area contributed by atoms with Crippen LogP contribution in [0.25, 0.3) is 0 Å². The third-order valence-electron chi connectivity index (χ3n) is 3.24. The van der Waals surface area contributed by atoms with Crippen molar-refractivity contribution in [1.29, 1.82) is 0 Å². The molecule has 2 aromatic rings. The molecule has 0 saturated carbocycles. The van der Waals surface area contributed by atoms with E-state index in [9.17, 15) is 5.11 Å². The van der Waals surface area contributed by atoms with Gasteiger partial charge in [-0.15, -0.1) is 0 Å². The first-order valence-electron chi connectivity index (χ1n) is 7.03. The summed E-state index contributed by atoms with van der Waals surface area (Å²) in [7, 11) is 1.71. The Hall–Kier alpha value is -1.14. The molecule has 4 nitrogen and oxygen atoms in total. The Bertz CT molecular complexity index is 528. The minimum atomic E-state index is -0.942. The summed E-state index contributed by atoms with van der Waals surface area (Å²) in [5.41, 5.74) is 0.355. The zero-order chi connectivity index (χ0) is 15.3. The number of hydrogen-bond acceptors (Lipinski definition) is 5. The van der Waals surface area contributed by atoms with Crippen LogP contribution >= 0.6 is 11.3 Å². The van der Waals surface area contributed by atoms with Crippen LogP contribution in [0.4, 0.5) is 0 Å². The Kier molecular flexibility index (Phi) is 5.58. The van der Waals surface area contributed by atoms with Gasteiger partial charge in [-0.05, 0) is 48.4 Å². The SMILES string of the molecule is COCCN(Cc1ccsc1)Cc1ccc(C(C)(C)O)o1. The van der Waals surface area contributed by atoms with Crippen molar-refractivity contribution in [3.05, 3.63) is 46.0 Å². The molecule has 0 aliphatic rings. The van der Waals surface area contributed by atoms with E-state index in [0.29, 0.717) is 18.9 Å². The standard InChI is InChI=1S/C16H23NO3S/c1-16(2,18)15-5-4-14(20-15)11-17(7-8-19-3)10-13-6-9-21-12-13/h4-6,9,12,18H,7-8,10-11H2,1-3H3. The van der Waals surface area contributed by atoms with Gasteiger partial charge in [0.05, 0.1) is 13.2 Å². The smallest absolute Gasteiger partial charge is 0.135 e. The van der Waals surface area contributed by atoms with E-state index in [2.05, 4.69) is 21.7 Å². The molecule has 2 heterocycles.